The van der Waals surface area contributed by atoms with Crippen molar-refractivity contribution >= 4 is 21.8 Å². The molecule has 9 heteroatoms. The van der Waals surface area contributed by atoms with Gasteiger partial charge in [0.25, 0.3) is 0 Å². The molecule has 0 bridgehead atoms. The quantitative estimate of drug-likeness (QED) is 0.871. The van der Waals surface area contributed by atoms with Gasteiger partial charge in [-0.2, -0.15) is 4.31 Å². The van der Waals surface area contributed by atoms with Crippen molar-refractivity contribution in [2.24, 2.45) is 0 Å². The molecule has 8 nitrogen and oxygen atoms in total. The van der Waals surface area contributed by atoms with Crippen LogP contribution in [0.5, 0.6) is 0 Å². The molecular formula is C17H21N3O5S. The fourth-order valence-electron chi connectivity index (χ4n) is 2.91. The molecule has 1 aromatic heterocycles. The minimum Gasteiger partial charge on any atom is -0.379 e. The first-order valence-electron chi connectivity index (χ1n) is 8.23. The van der Waals surface area contributed by atoms with Gasteiger partial charge in [0.05, 0.1) is 29.4 Å². The number of hydrogen-bond donors (Lipinski definition) is 1. The van der Waals surface area contributed by atoms with E-state index in [2.05, 4.69) is 10.5 Å². The molecule has 0 saturated carbocycles. The summed E-state index contributed by atoms with van der Waals surface area (Å²) >= 11 is 0. The largest absolute Gasteiger partial charge is 0.379 e. The van der Waals surface area contributed by atoms with Gasteiger partial charge < -0.3 is 9.26 Å². The van der Waals surface area contributed by atoms with Crippen molar-refractivity contribution in [3.63, 3.8) is 0 Å². The van der Waals surface area contributed by atoms with E-state index in [1.165, 1.54) is 11.2 Å². The van der Waals surface area contributed by atoms with E-state index < -0.39 is 10.0 Å². The number of morpholine rings is 1. The highest BCUT2D eigenvalue weighted by Gasteiger charge is 2.28. The lowest BCUT2D eigenvalue weighted by Gasteiger charge is -2.26. The Balaban J connectivity index is 2.07. The van der Waals surface area contributed by atoms with Crippen LogP contribution in [0.4, 0.5) is 5.88 Å². The number of nitrogens with one attached hydrogen (secondary N) is 1. The molecule has 1 aliphatic rings. The monoisotopic (exact) mass is 379 g/mol. The predicted molar refractivity (Wildman–Crippen MR) is 95.3 cm³/mol. The highest BCUT2D eigenvalue weighted by atomic mass is 32.2. The average molecular weight is 379 g/mol. The smallest absolute Gasteiger partial charge is 0.243 e. The zero-order valence-electron chi connectivity index (χ0n) is 14.9. The summed E-state index contributed by atoms with van der Waals surface area (Å²) in [7, 11) is -3.64. The summed E-state index contributed by atoms with van der Waals surface area (Å²) in [4.78, 5) is 11.6. The molecule has 1 N–H and O–H groups in total. The minimum atomic E-state index is -3.64. The van der Waals surface area contributed by atoms with Crippen LogP contribution >= 0.6 is 0 Å². The van der Waals surface area contributed by atoms with Crippen LogP contribution in [-0.4, -0.2) is 50.1 Å². The lowest BCUT2D eigenvalue weighted by molar-refractivity contribution is -0.114. The van der Waals surface area contributed by atoms with Crippen LogP contribution in [0, 0.1) is 13.8 Å². The number of hydrogen-bond acceptors (Lipinski definition) is 6. The summed E-state index contributed by atoms with van der Waals surface area (Å²) in [6.45, 7) is 6.28. The zero-order valence-corrected chi connectivity index (χ0v) is 15.7. The molecule has 0 atom stereocenters. The van der Waals surface area contributed by atoms with Gasteiger partial charge in [-0.15, -0.1) is 0 Å². The van der Waals surface area contributed by atoms with Crippen molar-refractivity contribution in [3.05, 3.63) is 29.5 Å². The number of aryl methyl sites for hydroxylation is 2. The van der Waals surface area contributed by atoms with Crippen molar-refractivity contribution in [1.82, 2.24) is 9.46 Å². The van der Waals surface area contributed by atoms with Crippen molar-refractivity contribution in [2.75, 3.05) is 31.6 Å². The van der Waals surface area contributed by atoms with E-state index in [1.54, 1.807) is 32.0 Å². The average Bonchev–Trinajstić information content (AvgIpc) is 2.96. The molecule has 0 aliphatic carbocycles. The van der Waals surface area contributed by atoms with Gasteiger partial charge >= 0.3 is 0 Å². The lowest BCUT2D eigenvalue weighted by Crippen LogP contribution is -2.40. The Hall–Kier alpha value is -2.23. The highest BCUT2D eigenvalue weighted by Crippen LogP contribution is 2.34. The number of aromatic nitrogens is 1. The summed E-state index contributed by atoms with van der Waals surface area (Å²) in [5, 5.41) is 6.47. The molecule has 0 spiro atoms. The van der Waals surface area contributed by atoms with Crippen molar-refractivity contribution in [1.29, 1.82) is 0 Å². The number of nitrogens with zero attached hydrogens (tertiary/aromatic N) is 2. The molecule has 2 aromatic rings. The van der Waals surface area contributed by atoms with Gasteiger partial charge in [-0.1, -0.05) is 17.3 Å². The Labute approximate surface area is 152 Å². The van der Waals surface area contributed by atoms with E-state index in [0.29, 0.717) is 48.7 Å². The third-order valence-corrected chi connectivity index (χ3v) is 6.26. The van der Waals surface area contributed by atoms with Gasteiger partial charge in [0.15, 0.2) is 0 Å². The molecule has 140 valence electrons. The summed E-state index contributed by atoms with van der Waals surface area (Å²) < 4.78 is 37.9. The maximum absolute atomic E-state index is 13.0. The van der Waals surface area contributed by atoms with E-state index in [4.69, 9.17) is 9.26 Å². The SMILES string of the molecule is CC(=O)Nc1onc(C)c1-c1ccc(C)c(S(=O)(=O)N2CCOCC2)c1. The molecule has 1 aromatic carbocycles. The van der Waals surface area contributed by atoms with Crippen LogP contribution in [0.3, 0.4) is 0 Å². The second-order valence-electron chi connectivity index (χ2n) is 6.15. The fourth-order valence-corrected chi connectivity index (χ4v) is 4.57. The van der Waals surface area contributed by atoms with Crippen LogP contribution in [0.2, 0.25) is 0 Å². The van der Waals surface area contributed by atoms with Gasteiger partial charge in [-0.05, 0) is 31.0 Å². The Morgan fingerprint density at radius 1 is 1.23 bits per heavy atom. The number of benzene rings is 1. The summed E-state index contributed by atoms with van der Waals surface area (Å²) in [5.41, 5.74) is 2.39. The second-order valence-corrected chi connectivity index (χ2v) is 8.06. The minimum absolute atomic E-state index is 0.202. The molecule has 26 heavy (non-hydrogen) atoms. The number of ether oxygens (including phenoxy) is 1. The normalized spacial score (nSPS) is 15.8. The van der Waals surface area contributed by atoms with Crippen LogP contribution in [0.25, 0.3) is 11.1 Å². The van der Waals surface area contributed by atoms with E-state index in [1.807, 2.05) is 0 Å². The molecule has 2 heterocycles. The molecule has 0 radical (unpaired) electrons. The van der Waals surface area contributed by atoms with Crippen LogP contribution in [0.15, 0.2) is 27.6 Å². The first kappa shape index (κ1) is 18.6. The van der Waals surface area contributed by atoms with Gasteiger partial charge in [0.2, 0.25) is 21.8 Å². The lowest BCUT2D eigenvalue weighted by atomic mass is 10.0. The topological polar surface area (TPSA) is 102 Å². The molecule has 3 rings (SSSR count). The third kappa shape index (κ3) is 3.50. The number of carbonyl (C=O) groups excluding carboxylic acids is 1. The maximum atomic E-state index is 13.0. The van der Waals surface area contributed by atoms with Gasteiger partial charge in [0, 0.05) is 20.0 Å². The van der Waals surface area contributed by atoms with E-state index >= 15 is 0 Å². The summed E-state index contributed by atoms with van der Waals surface area (Å²) in [6.07, 6.45) is 0. The van der Waals surface area contributed by atoms with Gasteiger partial charge in [0.1, 0.15) is 0 Å². The van der Waals surface area contributed by atoms with Crippen molar-refractivity contribution in [3.8, 4) is 11.1 Å². The molecule has 0 unspecified atom stereocenters. The first-order chi connectivity index (χ1) is 12.3. The predicted octanol–water partition coefficient (Wildman–Crippen LogP) is 1.94. The number of rotatable bonds is 4. The fraction of sp³-hybridized carbons (Fsp3) is 0.412. The Bertz CT molecular complexity index is 930. The van der Waals surface area contributed by atoms with Crippen LogP contribution in [0.1, 0.15) is 18.2 Å². The Kier molecular flexibility index (Phi) is 5.12. The number of sulfonamides is 1. The maximum Gasteiger partial charge on any atom is 0.243 e. The third-order valence-electron chi connectivity index (χ3n) is 4.22. The van der Waals surface area contributed by atoms with E-state index in [-0.39, 0.29) is 16.7 Å². The van der Waals surface area contributed by atoms with Crippen molar-refractivity contribution < 1.29 is 22.5 Å². The standard InChI is InChI=1S/C17H21N3O5S/c1-11-4-5-14(16-12(2)19-25-17(16)18-13(3)21)10-15(11)26(22,23)20-6-8-24-9-7-20/h4-5,10H,6-9H2,1-3H3,(H,18,21). The zero-order chi connectivity index (χ0) is 18.9. The van der Waals surface area contributed by atoms with Gasteiger partial charge in [-0.3, -0.25) is 10.1 Å². The molecule has 1 amide bonds. The number of anilines is 1. The highest BCUT2D eigenvalue weighted by molar-refractivity contribution is 7.89. The number of carbonyl (C=O) groups is 1. The second kappa shape index (κ2) is 7.18. The van der Waals surface area contributed by atoms with Crippen LogP contribution in [-0.2, 0) is 19.6 Å². The Morgan fingerprint density at radius 2 is 1.92 bits per heavy atom. The van der Waals surface area contributed by atoms with Crippen LogP contribution < -0.4 is 5.32 Å². The summed E-state index contributed by atoms with van der Waals surface area (Å²) in [6, 6.07) is 5.14. The molecule has 1 fully saturated rings. The Morgan fingerprint density at radius 3 is 2.58 bits per heavy atom. The number of amides is 1. The molecule has 1 saturated heterocycles. The van der Waals surface area contributed by atoms with E-state index in [9.17, 15) is 13.2 Å². The van der Waals surface area contributed by atoms with Gasteiger partial charge in [-0.25, -0.2) is 8.42 Å². The van der Waals surface area contributed by atoms with Crippen molar-refractivity contribution in [2.45, 2.75) is 25.7 Å². The summed E-state index contributed by atoms with van der Waals surface area (Å²) in [5.74, 6) is -0.0933. The molecule has 1 aliphatic heterocycles. The first-order valence-corrected chi connectivity index (χ1v) is 9.67. The van der Waals surface area contributed by atoms with E-state index in [0.717, 1.165) is 0 Å². The molecular weight excluding hydrogens is 358 g/mol.